The number of ether oxygens (including phenoxy) is 2. The number of rotatable bonds is 10. The number of amides is 2. The Labute approximate surface area is 284 Å². The van der Waals surface area contributed by atoms with E-state index in [1.165, 1.54) is 52.0 Å². The molecular weight excluding hydrogens is 660 g/mol. The zero-order chi connectivity index (χ0) is 36.2. The number of aryl methyl sites for hydroxylation is 1. The van der Waals surface area contributed by atoms with Crippen LogP contribution in [0.25, 0.3) is 22.2 Å². The van der Waals surface area contributed by atoms with E-state index in [2.05, 4.69) is 20.6 Å². The lowest BCUT2D eigenvalue weighted by Gasteiger charge is -2.32. The maximum Gasteiger partial charge on any atom is 0.424 e. The molecule has 264 valence electrons. The molecule has 2 amide bonds. The third-order valence-electron chi connectivity index (χ3n) is 8.83. The molecular formula is C36H36F4N4O6. The van der Waals surface area contributed by atoms with Crippen molar-refractivity contribution in [3.63, 3.8) is 0 Å². The third kappa shape index (κ3) is 6.69. The number of benzene rings is 2. The fourth-order valence-electron chi connectivity index (χ4n) is 5.65. The van der Waals surface area contributed by atoms with Crippen LogP contribution in [0.15, 0.2) is 54.7 Å². The molecule has 2 aromatic heterocycles. The van der Waals surface area contributed by atoms with Crippen molar-refractivity contribution in [3.05, 3.63) is 82.9 Å². The maximum atomic E-state index is 15.0. The number of hydrogen-bond donors (Lipinski definition) is 4. The topological polar surface area (TPSA) is 143 Å². The Morgan fingerprint density at radius 1 is 1.06 bits per heavy atom. The van der Waals surface area contributed by atoms with Crippen LogP contribution in [0.3, 0.4) is 0 Å². The summed E-state index contributed by atoms with van der Waals surface area (Å²) >= 11 is 0. The van der Waals surface area contributed by atoms with Crippen molar-refractivity contribution < 1.29 is 46.8 Å². The lowest BCUT2D eigenvalue weighted by atomic mass is 9.81. The van der Waals surface area contributed by atoms with Crippen LogP contribution in [0, 0.1) is 12.7 Å². The fourth-order valence-corrected chi connectivity index (χ4v) is 5.65. The summed E-state index contributed by atoms with van der Waals surface area (Å²) in [6.07, 6.45) is -2.23. The standard InChI is InChI=1S/C36H36F4N4O6/c1-19-12-21(7-10-25(19)37)29-30-24(34(4,18-49-30)32(46)43-16-33(2,3)47)15-27(44-29)35(48,36(38,39)40)17-42-31(45)22-13-20-6-5-11-41-28(20)26(14-22)50-23-8-9-23/h5-7,10-15,23,47-48H,8-9,16-18H2,1-4H3,(H,42,45)(H,43,46)/t34-,35?/m0/s1. The number of halogens is 4. The second-order valence-electron chi connectivity index (χ2n) is 13.7. The molecule has 6 rings (SSSR count). The summed E-state index contributed by atoms with van der Waals surface area (Å²) in [6.45, 7) is 4.03. The second-order valence-corrected chi connectivity index (χ2v) is 13.7. The predicted octanol–water partition coefficient (Wildman–Crippen LogP) is 5.00. The van der Waals surface area contributed by atoms with Crippen LogP contribution >= 0.6 is 0 Å². The van der Waals surface area contributed by atoms with Gasteiger partial charge in [-0.1, -0.05) is 6.07 Å². The molecule has 1 saturated carbocycles. The second kappa shape index (κ2) is 12.5. The van der Waals surface area contributed by atoms with Gasteiger partial charge in [-0.3, -0.25) is 14.6 Å². The Bertz CT molecular complexity index is 1990. The number of nitrogens with zero attached hydrogens (tertiary/aromatic N) is 2. The van der Waals surface area contributed by atoms with E-state index in [1.54, 1.807) is 18.3 Å². The highest BCUT2D eigenvalue weighted by Crippen LogP contribution is 2.48. The highest BCUT2D eigenvalue weighted by atomic mass is 19.4. The smallest absolute Gasteiger partial charge is 0.424 e. The molecule has 1 unspecified atom stereocenters. The molecule has 0 spiro atoms. The van der Waals surface area contributed by atoms with Gasteiger partial charge in [0, 0.05) is 34.8 Å². The van der Waals surface area contributed by atoms with E-state index >= 15 is 13.2 Å². The van der Waals surface area contributed by atoms with Gasteiger partial charge in [0.1, 0.15) is 40.5 Å². The third-order valence-corrected chi connectivity index (χ3v) is 8.83. The molecule has 2 atom stereocenters. The van der Waals surface area contributed by atoms with E-state index < -0.39 is 52.7 Å². The number of hydrogen-bond acceptors (Lipinski definition) is 8. The summed E-state index contributed by atoms with van der Waals surface area (Å²) in [7, 11) is 0. The van der Waals surface area contributed by atoms with E-state index in [0.29, 0.717) is 16.7 Å². The number of carbonyl (C=O) groups is 2. The molecule has 50 heavy (non-hydrogen) atoms. The summed E-state index contributed by atoms with van der Waals surface area (Å²) in [5.74, 6) is -1.86. The Morgan fingerprint density at radius 3 is 2.46 bits per heavy atom. The summed E-state index contributed by atoms with van der Waals surface area (Å²) in [5.41, 5.74) is -6.95. The zero-order valence-corrected chi connectivity index (χ0v) is 27.7. The van der Waals surface area contributed by atoms with Crippen molar-refractivity contribution in [1.82, 2.24) is 20.6 Å². The van der Waals surface area contributed by atoms with Crippen LogP contribution in [-0.2, 0) is 15.8 Å². The number of aromatic nitrogens is 2. The quantitative estimate of drug-likeness (QED) is 0.170. The van der Waals surface area contributed by atoms with Gasteiger partial charge in [-0.05, 0) is 88.6 Å². The molecule has 1 fully saturated rings. The molecule has 10 nitrogen and oxygen atoms in total. The molecule has 0 radical (unpaired) electrons. The van der Waals surface area contributed by atoms with Crippen LogP contribution in [0.2, 0.25) is 0 Å². The molecule has 0 bridgehead atoms. The highest BCUT2D eigenvalue weighted by Gasteiger charge is 2.58. The summed E-state index contributed by atoms with van der Waals surface area (Å²) in [5, 5.41) is 27.0. The van der Waals surface area contributed by atoms with Gasteiger partial charge >= 0.3 is 6.18 Å². The van der Waals surface area contributed by atoms with Crippen LogP contribution in [-0.4, -0.2) is 69.6 Å². The van der Waals surface area contributed by atoms with Gasteiger partial charge in [0.2, 0.25) is 11.5 Å². The fraction of sp³-hybridized carbons (Fsp3) is 0.389. The van der Waals surface area contributed by atoms with Crippen molar-refractivity contribution in [1.29, 1.82) is 0 Å². The van der Waals surface area contributed by atoms with Gasteiger partial charge in [-0.25, -0.2) is 9.37 Å². The zero-order valence-electron chi connectivity index (χ0n) is 27.7. The number of pyridine rings is 2. The average Bonchev–Trinajstić information content (AvgIpc) is 3.82. The number of nitrogens with one attached hydrogen (secondary N) is 2. The molecule has 2 aromatic carbocycles. The van der Waals surface area contributed by atoms with E-state index in [-0.39, 0.29) is 53.0 Å². The molecule has 4 N–H and O–H groups in total. The molecule has 0 saturated heterocycles. The number of fused-ring (bicyclic) bond motifs is 2. The van der Waals surface area contributed by atoms with Crippen LogP contribution in [0.1, 0.15) is 60.8 Å². The lowest BCUT2D eigenvalue weighted by Crippen LogP contribution is -2.52. The normalized spacial score (nSPS) is 18.6. The summed E-state index contributed by atoms with van der Waals surface area (Å²) in [6, 6.07) is 10.9. The molecule has 4 aromatic rings. The Balaban J connectivity index is 1.41. The molecule has 3 heterocycles. The van der Waals surface area contributed by atoms with Gasteiger partial charge < -0.3 is 30.3 Å². The monoisotopic (exact) mass is 696 g/mol. The van der Waals surface area contributed by atoms with Crippen LogP contribution < -0.4 is 20.1 Å². The Morgan fingerprint density at radius 2 is 1.80 bits per heavy atom. The minimum absolute atomic E-state index is 0.0143. The largest absolute Gasteiger partial charge is 0.489 e. The van der Waals surface area contributed by atoms with Crippen LogP contribution in [0.5, 0.6) is 11.5 Å². The number of carbonyl (C=O) groups excluding carboxylic acids is 2. The van der Waals surface area contributed by atoms with Gasteiger partial charge in [0.15, 0.2) is 0 Å². The summed E-state index contributed by atoms with van der Waals surface area (Å²) < 4.78 is 71.1. The maximum absolute atomic E-state index is 15.0. The molecule has 2 aliphatic rings. The van der Waals surface area contributed by atoms with Gasteiger partial charge in [-0.15, -0.1) is 0 Å². The van der Waals surface area contributed by atoms with Gasteiger partial charge in [0.05, 0.1) is 23.9 Å². The SMILES string of the molecule is Cc1cc(-c2nc(C(O)(CNC(=O)c3cc(OC4CC4)c4ncccc4c3)C(F)(F)F)cc3c2OC[C@]3(C)C(=O)NCC(C)(C)O)ccc1F. The lowest BCUT2D eigenvalue weighted by molar-refractivity contribution is -0.265. The molecule has 1 aliphatic carbocycles. The first-order valence-electron chi connectivity index (χ1n) is 16.0. The van der Waals surface area contributed by atoms with Gasteiger partial charge in [-0.2, -0.15) is 13.2 Å². The first-order valence-corrected chi connectivity index (χ1v) is 16.0. The van der Waals surface area contributed by atoms with E-state index in [1.807, 2.05) is 0 Å². The van der Waals surface area contributed by atoms with Crippen molar-refractivity contribution in [2.45, 2.75) is 69.4 Å². The minimum atomic E-state index is -5.38. The van der Waals surface area contributed by atoms with Gasteiger partial charge in [0.25, 0.3) is 5.91 Å². The van der Waals surface area contributed by atoms with E-state index in [0.717, 1.165) is 25.0 Å². The first kappa shape index (κ1) is 35.0. The Hall–Kier alpha value is -4.82. The van der Waals surface area contributed by atoms with Crippen LogP contribution in [0.4, 0.5) is 17.6 Å². The molecule has 1 aliphatic heterocycles. The van der Waals surface area contributed by atoms with Crippen molar-refractivity contribution in [2.24, 2.45) is 0 Å². The molecule has 14 heteroatoms. The predicted molar refractivity (Wildman–Crippen MR) is 174 cm³/mol. The average molecular weight is 697 g/mol. The van der Waals surface area contributed by atoms with Crippen molar-refractivity contribution >= 4 is 22.7 Å². The Kier molecular flexibility index (Phi) is 8.76. The van der Waals surface area contributed by atoms with E-state index in [4.69, 9.17) is 9.47 Å². The highest BCUT2D eigenvalue weighted by molar-refractivity contribution is 6.00. The van der Waals surface area contributed by atoms with Crippen molar-refractivity contribution in [3.8, 4) is 22.8 Å². The minimum Gasteiger partial charge on any atom is -0.489 e. The number of alkyl halides is 3. The summed E-state index contributed by atoms with van der Waals surface area (Å²) in [4.78, 5) is 35.5. The number of aliphatic hydroxyl groups is 2. The van der Waals surface area contributed by atoms with E-state index in [9.17, 15) is 24.2 Å². The van der Waals surface area contributed by atoms with Crippen molar-refractivity contribution in [2.75, 3.05) is 19.7 Å². The first-order chi connectivity index (χ1) is 23.4.